The van der Waals surface area contributed by atoms with Crippen molar-refractivity contribution >= 4 is 5.97 Å². The molecule has 5 atom stereocenters. The van der Waals surface area contributed by atoms with Crippen LogP contribution < -0.4 is 9.47 Å². The monoisotopic (exact) mass is 368 g/mol. The van der Waals surface area contributed by atoms with Gasteiger partial charge in [-0.2, -0.15) is 0 Å². The minimum absolute atomic E-state index is 0.270. The molecule has 8 heteroatoms. The van der Waals surface area contributed by atoms with Crippen molar-refractivity contribution in [2.24, 2.45) is 0 Å². The number of hydrogen-bond acceptors (Lipinski definition) is 8. The molecule has 0 aliphatic carbocycles. The first kappa shape index (κ1) is 18.9. The summed E-state index contributed by atoms with van der Waals surface area (Å²) in [6.45, 7) is 1.46. The highest BCUT2D eigenvalue weighted by Gasteiger charge is 2.48. The van der Waals surface area contributed by atoms with E-state index in [4.69, 9.17) is 18.9 Å². The van der Waals surface area contributed by atoms with Crippen LogP contribution in [-0.4, -0.2) is 72.1 Å². The zero-order valence-corrected chi connectivity index (χ0v) is 15.0. The fraction of sp³-hybridized carbons (Fsp3) is 0.611. The van der Waals surface area contributed by atoms with Gasteiger partial charge in [-0.05, 0) is 19.1 Å². The molecule has 1 saturated heterocycles. The number of fused-ring (bicyclic) bond motifs is 1. The van der Waals surface area contributed by atoms with Gasteiger partial charge in [0.05, 0.1) is 26.9 Å². The quantitative estimate of drug-likeness (QED) is 0.625. The number of aliphatic hydroxyl groups excluding tert-OH is 3. The zero-order chi connectivity index (χ0) is 19.1. The van der Waals surface area contributed by atoms with Gasteiger partial charge in [0.25, 0.3) is 0 Å². The van der Waals surface area contributed by atoms with Gasteiger partial charge in [-0.25, -0.2) is 4.79 Å². The maximum Gasteiger partial charge on any atom is 0.341 e. The lowest BCUT2D eigenvalue weighted by Gasteiger charge is -2.28. The molecule has 1 unspecified atom stereocenters. The first-order valence-corrected chi connectivity index (χ1v) is 8.42. The van der Waals surface area contributed by atoms with Gasteiger partial charge < -0.3 is 34.3 Å². The maximum absolute atomic E-state index is 12.1. The number of benzene rings is 1. The van der Waals surface area contributed by atoms with Crippen molar-refractivity contribution in [3.8, 4) is 11.5 Å². The molecule has 26 heavy (non-hydrogen) atoms. The Balaban J connectivity index is 1.84. The van der Waals surface area contributed by atoms with E-state index >= 15 is 0 Å². The molecular formula is C18H24O8. The predicted molar refractivity (Wildman–Crippen MR) is 89.4 cm³/mol. The fourth-order valence-corrected chi connectivity index (χ4v) is 3.66. The van der Waals surface area contributed by atoms with E-state index in [2.05, 4.69) is 0 Å². The normalized spacial score (nSPS) is 32.8. The lowest BCUT2D eigenvalue weighted by molar-refractivity contribution is -0.0488. The van der Waals surface area contributed by atoms with Crippen LogP contribution >= 0.6 is 0 Å². The third-order valence-corrected chi connectivity index (χ3v) is 4.97. The Morgan fingerprint density at radius 3 is 2.54 bits per heavy atom. The van der Waals surface area contributed by atoms with Crippen LogP contribution in [0.4, 0.5) is 0 Å². The molecule has 3 rings (SSSR count). The number of carbonyl (C=O) groups excluding carboxylic acids is 1. The second-order valence-electron chi connectivity index (χ2n) is 6.96. The van der Waals surface area contributed by atoms with Crippen LogP contribution in [0, 0.1) is 0 Å². The number of methoxy groups -OCH3 is 2. The Labute approximate surface area is 151 Å². The molecule has 0 aromatic heterocycles. The predicted octanol–water partition coefficient (Wildman–Crippen LogP) is 0.0470. The van der Waals surface area contributed by atoms with Crippen molar-refractivity contribution in [3.63, 3.8) is 0 Å². The van der Waals surface area contributed by atoms with Crippen molar-refractivity contribution in [1.82, 2.24) is 0 Å². The molecule has 0 saturated carbocycles. The number of rotatable bonds is 5. The molecule has 1 fully saturated rings. The first-order valence-electron chi connectivity index (χ1n) is 8.42. The summed E-state index contributed by atoms with van der Waals surface area (Å²) < 4.78 is 21.7. The molecule has 2 heterocycles. The van der Waals surface area contributed by atoms with Gasteiger partial charge in [0.1, 0.15) is 41.0 Å². The van der Waals surface area contributed by atoms with Crippen molar-refractivity contribution in [2.75, 3.05) is 20.8 Å². The second-order valence-corrected chi connectivity index (χ2v) is 6.96. The Hall–Kier alpha value is -1.87. The standard InChI is InChI=1S/C18H24O8/c1-18(7-12-14(20)15(21)13(8-19)25-12)6-9-4-10(23-2)5-11(16(9)26-18)17(22)24-3/h4-5,12-15,19-21H,6-8H2,1-3H3/t12-,13+,14-,15+,18?/m0/s1. The van der Waals surface area contributed by atoms with Crippen molar-refractivity contribution in [2.45, 2.75) is 49.8 Å². The average molecular weight is 368 g/mol. The minimum atomic E-state index is -1.15. The molecule has 0 amide bonds. The molecule has 0 radical (unpaired) electrons. The Bertz CT molecular complexity index is 690. The highest BCUT2D eigenvalue weighted by atomic mass is 16.6. The van der Waals surface area contributed by atoms with E-state index in [0.29, 0.717) is 17.9 Å². The first-order chi connectivity index (χ1) is 12.3. The molecular weight excluding hydrogens is 344 g/mol. The van der Waals surface area contributed by atoms with Gasteiger partial charge >= 0.3 is 5.97 Å². The molecule has 8 nitrogen and oxygen atoms in total. The van der Waals surface area contributed by atoms with Gasteiger partial charge in [0.2, 0.25) is 0 Å². The van der Waals surface area contributed by atoms with Gasteiger partial charge in [0, 0.05) is 18.4 Å². The van der Waals surface area contributed by atoms with Crippen molar-refractivity contribution < 1.29 is 39.1 Å². The summed E-state index contributed by atoms with van der Waals surface area (Å²) >= 11 is 0. The third-order valence-electron chi connectivity index (χ3n) is 4.97. The van der Waals surface area contributed by atoms with E-state index in [9.17, 15) is 20.1 Å². The summed E-state index contributed by atoms with van der Waals surface area (Å²) in [6.07, 6.45) is -3.04. The van der Waals surface area contributed by atoms with Crippen LogP contribution in [-0.2, 0) is 15.9 Å². The highest BCUT2D eigenvalue weighted by molar-refractivity contribution is 5.94. The number of aliphatic hydroxyl groups is 3. The molecule has 2 aliphatic rings. The molecule has 2 aliphatic heterocycles. The zero-order valence-electron chi connectivity index (χ0n) is 15.0. The van der Waals surface area contributed by atoms with E-state index < -0.39 is 36.0 Å². The van der Waals surface area contributed by atoms with Crippen LogP contribution in [0.25, 0.3) is 0 Å². The Kier molecular flexibility index (Phi) is 5.12. The van der Waals surface area contributed by atoms with Crippen LogP contribution in [0.15, 0.2) is 12.1 Å². The molecule has 3 N–H and O–H groups in total. The lowest BCUT2D eigenvalue weighted by Crippen LogP contribution is -2.40. The maximum atomic E-state index is 12.1. The smallest absolute Gasteiger partial charge is 0.341 e. The summed E-state index contributed by atoms with van der Waals surface area (Å²) in [7, 11) is 2.80. The largest absolute Gasteiger partial charge is 0.497 e. The van der Waals surface area contributed by atoms with E-state index in [0.717, 1.165) is 5.56 Å². The van der Waals surface area contributed by atoms with Crippen molar-refractivity contribution in [3.05, 3.63) is 23.3 Å². The molecule has 1 aromatic rings. The van der Waals surface area contributed by atoms with Crippen LogP contribution in [0.1, 0.15) is 29.3 Å². The molecule has 1 aromatic carbocycles. The summed E-state index contributed by atoms with van der Waals surface area (Å²) in [4.78, 5) is 12.1. The summed E-state index contributed by atoms with van der Waals surface area (Å²) in [6, 6.07) is 3.35. The van der Waals surface area contributed by atoms with Gasteiger partial charge in [0.15, 0.2) is 0 Å². The molecule has 144 valence electrons. The Morgan fingerprint density at radius 1 is 1.27 bits per heavy atom. The fourth-order valence-electron chi connectivity index (χ4n) is 3.66. The number of ether oxygens (including phenoxy) is 4. The van der Waals surface area contributed by atoms with Gasteiger partial charge in [-0.3, -0.25) is 0 Å². The van der Waals surface area contributed by atoms with E-state index in [-0.39, 0.29) is 18.6 Å². The Morgan fingerprint density at radius 2 is 1.96 bits per heavy atom. The van der Waals surface area contributed by atoms with Crippen LogP contribution in [0.3, 0.4) is 0 Å². The SMILES string of the molecule is COC(=O)c1cc(OC)cc2c1OC(C)(C[C@@H]1O[C@H](CO)[C@@H](O)[C@H]1O)C2. The van der Waals surface area contributed by atoms with Crippen LogP contribution in [0.5, 0.6) is 11.5 Å². The molecule has 0 bridgehead atoms. The average Bonchev–Trinajstić information content (AvgIpc) is 3.10. The number of esters is 1. The number of hydrogen-bond donors (Lipinski definition) is 3. The van der Waals surface area contributed by atoms with Crippen molar-refractivity contribution in [1.29, 1.82) is 0 Å². The third kappa shape index (κ3) is 3.25. The van der Waals surface area contributed by atoms with Crippen LogP contribution in [0.2, 0.25) is 0 Å². The summed E-state index contributed by atoms with van der Waals surface area (Å²) in [5.74, 6) is 0.411. The topological polar surface area (TPSA) is 115 Å². The van der Waals surface area contributed by atoms with E-state index in [1.807, 2.05) is 6.92 Å². The van der Waals surface area contributed by atoms with E-state index in [1.54, 1.807) is 12.1 Å². The summed E-state index contributed by atoms with van der Waals surface area (Å²) in [5.41, 5.74) is 0.304. The lowest BCUT2D eigenvalue weighted by atomic mass is 9.90. The molecule has 0 spiro atoms. The number of carbonyl (C=O) groups is 1. The summed E-state index contributed by atoms with van der Waals surface area (Å²) in [5, 5.41) is 29.3. The van der Waals surface area contributed by atoms with Gasteiger partial charge in [-0.15, -0.1) is 0 Å². The van der Waals surface area contributed by atoms with E-state index in [1.165, 1.54) is 14.2 Å². The van der Waals surface area contributed by atoms with Gasteiger partial charge in [-0.1, -0.05) is 0 Å². The second kappa shape index (κ2) is 7.03. The highest BCUT2D eigenvalue weighted by Crippen LogP contribution is 2.43. The minimum Gasteiger partial charge on any atom is -0.497 e.